The summed E-state index contributed by atoms with van der Waals surface area (Å²) in [5.74, 6) is 1.44. The van der Waals surface area contributed by atoms with Gasteiger partial charge >= 0.3 is 5.97 Å². The van der Waals surface area contributed by atoms with E-state index in [1.54, 1.807) is 36.4 Å². The molecule has 7 nitrogen and oxygen atoms in total. The molecule has 35 heavy (non-hydrogen) atoms. The summed E-state index contributed by atoms with van der Waals surface area (Å²) in [5, 5.41) is 10.7. The molecule has 7 heteroatoms. The Kier molecular flexibility index (Phi) is 7.37. The smallest absolute Gasteiger partial charge is 0.338 e. The summed E-state index contributed by atoms with van der Waals surface area (Å²) in [7, 11) is 0. The van der Waals surface area contributed by atoms with Crippen LogP contribution >= 0.6 is 0 Å². The van der Waals surface area contributed by atoms with Gasteiger partial charge < -0.3 is 14.2 Å². The highest BCUT2D eigenvalue weighted by molar-refractivity contribution is 5.89. The number of aryl methyl sites for hydroxylation is 1. The molecule has 0 spiro atoms. The van der Waals surface area contributed by atoms with Gasteiger partial charge in [0.05, 0.1) is 10.5 Å². The lowest BCUT2D eigenvalue weighted by molar-refractivity contribution is -0.384. The molecule has 0 amide bonds. The fourth-order valence-electron chi connectivity index (χ4n) is 3.27. The molecular weight excluding hydrogens is 446 g/mol. The van der Waals surface area contributed by atoms with Crippen molar-refractivity contribution in [3.05, 3.63) is 129 Å². The monoisotopic (exact) mass is 469 g/mol. The summed E-state index contributed by atoms with van der Waals surface area (Å²) in [5.41, 5.74) is 3.35. The fourth-order valence-corrected chi connectivity index (χ4v) is 3.27. The molecule has 0 saturated heterocycles. The van der Waals surface area contributed by atoms with Crippen molar-refractivity contribution in [2.75, 3.05) is 0 Å². The van der Waals surface area contributed by atoms with E-state index in [0.29, 0.717) is 23.7 Å². The quantitative estimate of drug-likeness (QED) is 0.155. The van der Waals surface area contributed by atoms with Crippen LogP contribution in [0, 0.1) is 17.0 Å². The summed E-state index contributed by atoms with van der Waals surface area (Å²) < 4.78 is 16.9. The van der Waals surface area contributed by atoms with Gasteiger partial charge in [-0.05, 0) is 72.1 Å². The predicted molar refractivity (Wildman–Crippen MR) is 131 cm³/mol. The summed E-state index contributed by atoms with van der Waals surface area (Å²) in [6.07, 6.45) is 0. The van der Waals surface area contributed by atoms with Gasteiger partial charge in [-0.1, -0.05) is 36.4 Å². The largest absolute Gasteiger partial charge is 0.489 e. The van der Waals surface area contributed by atoms with Crippen LogP contribution in [-0.4, -0.2) is 10.9 Å². The van der Waals surface area contributed by atoms with Gasteiger partial charge in [-0.15, -0.1) is 0 Å². The Balaban J connectivity index is 1.26. The summed E-state index contributed by atoms with van der Waals surface area (Å²) in [4.78, 5) is 22.7. The number of esters is 1. The number of hydrogen-bond donors (Lipinski definition) is 0. The third-order valence-electron chi connectivity index (χ3n) is 5.16. The zero-order valence-electron chi connectivity index (χ0n) is 19.0. The van der Waals surface area contributed by atoms with Gasteiger partial charge in [0.1, 0.15) is 30.5 Å². The number of non-ortho nitro benzene ring substituents is 1. The van der Waals surface area contributed by atoms with Crippen LogP contribution in [0.1, 0.15) is 27.0 Å². The van der Waals surface area contributed by atoms with E-state index in [9.17, 15) is 14.9 Å². The molecule has 0 unspecified atom stereocenters. The Hall–Kier alpha value is -4.65. The number of carbonyl (C=O) groups excluding carboxylic acids is 1. The number of nitro groups is 1. The average Bonchev–Trinajstić information content (AvgIpc) is 2.87. The molecule has 0 aromatic heterocycles. The molecule has 0 bridgehead atoms. The molecule has 0 heterocycles. The summed E-state index contributed by atoms with van der Waals surface area (Å²) >= 11 is 0. The number of hydrogen-bond acceptors (Lipinski definition) is 6. The summed E-state index contributed by atoms with van der Waals surface area (Å²) in [6, 6.07) is 27.9. The number of rotatable bonds is 9. The van der Waals surface area contributed by atoms with Crippen molar-refractivity contribution in [2.45, 2.75) is 20.1 Å². The van der Waals surface area contributed by atoms with Crippen molar-refractivity contribution < 1.29 is 23.9 Å². The van der Waals surface area contributed by atoms with Crippen LogP contribution in [0.3, 0.4) is 0 Å². The number of nitrogens with zero attached hydrogens (tertiary/aromatic N) is 1. The minimum absolute atomic E-state index is 0.000237. The van der Waals surface area contributed by atoms with Gasteiger partial charge in [0, 0.05) is 12.1 Å². The molecule has 0 aliphatic heterocycles. The van der Waals surface area contributed by atoms with Crippen LogP contribution in [0.15, 0.2) is 97.1 Å². The minimum Gasteiger partial charge on any atom is -0.489 e. The normalized spacial score (nSPS) is 10.4. The van der Waals surface area contributed by atoms with Gasteiger partial charge in [-0.3, -0.25) is 10.1 Å². The second kappa shape index (κ2) is 11.0. The minimum atomic E-state index is -0.463. The average molecular weight is 469 g/mol. The zero-order valence-corrected chi connectivity index (χ0v) is 19.0. The van der Waals surface area contributed by atoms with Crippen LogP contribution in [0.5, 0.6) is 17.2 Å². The first-order valence-electron chi connectivity index (χ1n) is 10.9. The van der Waals surface area contributed by atoms with E-state index >= 15 is 0 Å². The highest BCUT2D eigenvalue weighted by atomic mass is 16.6. The molecular formula is C28H23NO6. The molecule has 4 aromatic carbocycles. The highest BCUT2D eigenvalue weighted by Gasteiger charge is 2.09. The molecule has 0 radical (unpaired) electrons. The Labute approximate surface area is 202 Å². The number of nitro benzene ring substituents is 1. The van der Waals surface area contributed by atoms with Crippen LogP contribution in [-0.2, 0) is 18.0 Å². The number of carbonyl (C=O) groups is 1. The maximum atomic E-state index is 12.4. The maximum absolute atomic E-state index is 12.4. The molecule has 4 aromatic rings. The number of benzene rings is 4. The van der Waals surface area contributed by atoms with Crippen LogP contribution < -0.4 is 9.47 Å². The van der Waals surface area contributed by atoms with E-state index in [0.717, 1.165) is 22.4 Å². The molecule has 0 atom stereocenters. The Morgan fingerprint density at radius 2 is 1.37 bits per heavy atom. The van der Waals surface area contributed by atoms with Crippen LogP contribution in [0.25, 0.3) is 0 Å². The molecule has 0 aliphatic rings. The second-order valence-electron chi connectivity index (χ2n) is 7.88. The van der Waals surface area contributed by atoms with Crippen LogP contribution in [0.4, 0.5) is 5.69 Å². The third-order valence-corrected chi connectivity index (χ3v) is 5.16. The van der Waals surface area contributed by atoms with Gasteiger partial charge in [0.15, 0.2) is 0 Å². The zero-order chi connectivity index (χ0) is 24.6. The van der Waals surface area contributed by atoms with Gasteiger partial charge in [-0.2, -0.15) is 0 Å². The Morgan fingerprint density at radius 1 is 0.771 bits per heavy atom. The predicted octanol–water partition coefficient (Wildman–Crippen LogP) is 6.63. The van der Waals surface area contributed by atoms with Crippen molar-refractivity contribution in [1.29, 1.82) is 0 Å². The van der Waals surface area contributed by atoms with Crippen molar-refractivity contribution in [3.63, 3.8) is 0 Å². The van der Waals surface area contributed by atoms with Crippen LogP contribution in [0.2, 0.25) is 0 Å². The van der Waals surface area contributed by atoms with Crippen molar-refractivity contribution >= 4 is 11.7 Å². The lowest BCUT2D eigenvalue weighted by Crippen LogP contribution is -2.05. The Bertz CT molecular complexity index is 1300. The van der Waals surface area contributed by atoms with Gasteiger partial charge in [-0.25, -0.2) is 4.79 Å². The van der Waals surface area contributed by atoms with E-state index in [-0.39, 0.29) is 12.3 Å². The van der Waals surface area contributed by atoms with E-state index in [1.807, 2.05) is 43.3 Å². The van der Waals surface area contributed by atoms with Crippen molar-refractivity contribution in [1.82, 2.24) is 0 Å². The van der Waals surface area contributed by atoms with Crippen molar-refractivity contribution in [2.24, 2.45) is 0 Å². The lowest BCUT2D eigenvalue weighted by atomic mass is 10.1. The molecule has 0 fully saturated rings. The topological polar surface area (TPSA) is 87.9 Å². The molecule has 0 aliphatic carbocycles. The second-order valence-corrected chi connectivity index (χ2v) is 7.88. The van der Waals surface area contributed by atoms with E-state index in [2.05, 4.69) is 0 Å². The van der Waals surface area contributed by atoms with Crippen molar-refractivity contribution in [3.8, 4) is 17.2 Å². The number of ether oxygens (including phenoxy) is 3. The fraction of sp³-hybridized carbons (Fsp3) is 0.107. The first-order valence-corrected chi connectivity index (χ1v) is 10.9. The Morgan fingerprint density at radius 3 is 2.00 bits per heavy atom. The standard InChI is InChI=1S/C28H23NO6/c1-20-3-2-4-27(17-20)33-18-21-5-9-23(10-6-21)28(30)34-19-22-7-13-25(14-8-22)35-26-15-11-24(12-16-26)29(31)32/h2-17H,18-19H2,1H3. The van der Waals surface area contributed by atoms with Gasteiger partial charge in [0.2, 0.25) is 0 Å². The van der Waals surface area contributed by atoms with E-state index in [1.165, 1.54) is 24.3 Å². The van der Waals surface area contributed by atoms with E-state index < -0.39 is 10.9 Å². The first-order chi connectivity index (χ1) is 17.0. The molecule has 4 rings (SSSR count). The summed E-state index contributed by atoms with van der Waals surface area (Å²) in [6.45, 7) is 2.54. The highest BCUT2D eigenvalue weighted by Crippen LogP contribution is 2.24. The SMILES string of the molecule is Cc1cccc(OCc2ccc(C(=O)OCc3ccc(Oc4ccc([N+](=O)[O-])cc4)cc3)cc2)c1. The van der Waals surface area contributed by atoms with Gasteiger partial charge in [0.25, 0.3) is 5.69 Å². The molecule has 176 valence electrons. The van der Waals surface area contributed by atoms with E-state index in [4.69, 9.17) is 14.2 Å². The third kappa shape index (κ3) is 6.68. The molecule has 0 saturated carbocycles. The lowest BCUT2D eigenvalue weighted by Gasteiger charge is -2.09. The first kappa shape index (κ1) is 23.5. The maximum Gasteiger partial charge on any atom is 0.338 e. The molecule has 0 N–H and O–H groups in total.